The molecule has 0 atom stereocenters. The molecule has 126 valence electrons. The summed E-state index contributed by atoms with van der Waals surface area (Å²) >= 11 is 0. The zero-order chi connectivity index (χ0) is 17.1. The molecule has 4 heteroatoms. The number of phenolic OH excluding ortho intramolecular Hbond substituents is 1. The molecule has 1 aliphatic rings. The number of hydrogen-bond acceptors (Lipinski definition) is 4. The molecule has 4 nitrogen and oxygen atoms in total. The van der Waals surface area contributed by atoms with Crippen molar-refractivity contribution < 1.29 is 19.4 Å². The molecule has 0 saturated heterocycles. The molecule has 0 aromatic heterocycles. The molecule has 1 N–H and O–H groups in total. The van der Waals surface area contributed by atoms with Crippen LogP contribution in [0, 0.1) is 5.41 Å². The van der Waals surface area contributed by atoms with E-state index in [2.05, 4.69) is 20.4 Å². The Kier molecular flexibility index (Phi) is 5.15. The van der Waals surface area contributed by atoms with Gasteiger partial charge in [-0.3, -0.25) is 0 Å². The zero-order valence-corrected chi connectivity index (χ0v) is 14.2. The summed E-state index contributed by atoms with van der Waals surface area (Å²) in [6.45, 7) is 8.33. The third-order valence-electron chi connectivity index (χ3n) is 4.91. The number of phenols is 1. The van der Waals surface area contributed by atoms with E-state index in [1.165, 1.54) is 6.07 Å². The van der Waals surface area contributed by atoms with Gasteiger partial charge in [-0.2, -0.15) is 0 Å². The number of benzene rings is 1. The van der Waals surface area contributed by atoms with Gasteiger partial charge in [-0.05, 0) is 43.4 Å². The molecule has 2 rings (SSSR count). The second-order valence-corrected chi connectivity index (χ2v) is 6.89. The van der Waals surface area contributed by atoms with Crippen LogP contribution in [0.15, 0.2) is 24.8 Å². The van der Waals surface area contributed by atoms with E-state index in [0.29, 0.717) is 6.61 Å². The summed E-state index contributed by atoms with van der Waals surface area (Å²) in [5, 5.41) is 10.0. The maximum absolute atomic E-state index is 12.7. The molecular weight excluding hydrogens is 292 g/mol. The van der Waals surface area contributed by atoms with Gasteiger partial charge in [0.05, 0.1) is 6.61 Å². The fourth-order valence-electron chi connectivity index (χ4n) is 3.43. The average Bonchev–Trinajstić information content (AvgIpc) is 2.98. The SMILES string of the molecule is C=Cc1ccc(O)c(C(=O)OC2(C(C)(C)COC)CCCC2)c1. The number of methoxy groups -OCH3 is 1. The summed E-state index contributed by atoms with van der Waals surface area (Å²) < 4.78 is 11.3. The minimum atomic E-state index is -0.559. The first-order valence-electron chi connectivity index (χ1n) is 8.03. The van der Waals surface area contributed by atoms with Crippen LogP contribution in [0.4, 0.5) is 0 Å². The van der Waals surface area contributed by atoms with Gasteiger partial charge in [-0.1, -0.05) is 32.6 Å². The second kappa shape index (κ2) is 6.75. The van der Waals surface area contributed by atoms with Gasteiger partial charge < -0.3 is 14.6 Å². The van der Waals surface area contributed by atoms with Crippen LogP contribution >= 0.6 is 0 Å². The van der Waals surface area contributed by atoms with Gasteiger partial charge in [0.2, 0.25) is 0 Å². The average molecular weight is 318 g/mol. The van der Waals surface area contributed by atoms with Crippen LogP contribution in [0.25, 0.3) is 6.08 Å². The van der Waals surface area contributed by atoms with Gasteiger partial charge in [-0.15, -0.1) is 0 Å². The summed E-state index contributed by atoms with van der Waals surface area (Å²) in [6.07, 6.45) is 5.32. The van der Waals surface area contributed by atoms with Gasteiger partial charge in [0.25, 0.3) is 0 Å². The lowest BCUT2D eigenvalue weighted by molar-refractivity contribution is -0.105. The van der Waals surface area contributed by atoms with Gasteiger partial charge in [0, 0.05) is 12.5 Å². The third kappa shape index (κ3) is 3.42. The third-order valence-corrected chi connectivity index (χ3v) is 4.91. The van der Waals surface area contributed by atoms with E-state index in [1.54, 1.807) is 25.3 Å². The van der Waals surface area contributed by atoms with E-state index in [0.717, 1.165) is 31.2 Å². The Morgan fingerprint density at radius 2 is 2.04 bits per heavy atom. The maximum Gasteiger partial charge on any atom is 0.342 e. The molecule has 1 aromatic carbocycles. The predicted molar refractivity (Wildman–Crippen MR) is 90.5 cm³/mol. The minimum Gasteiger partial charge on any atom is -0.507 e. The first-order chi connectivity index (χ1) is 10.8. The molecule has 0 heterocycles. The minimum absolute atomic E-state index is 0.0710. The van der Waals surface area contributed by atoms with E-state index >= 15 is 0 Å². The quantitative estimate of drug-likeness (QED) is 0.800. The number of aromatic hydroxyl groups is 1. The molecule has 0 bridgehead atoms. The second-order valence-electron chi connectivity index (χ2n) is 6.89. The first-order valence-corrected chi connectivity index (χ1v) is 8.03. The summed E-state index contributed by atoms with van der Waals surface area (Å²) in [4.78, 5) is 12.7. The van der Waals surface area contributed by atoms with Crippen molar-refractivity contribution in [3.05, 3.63) is 35.9 Å². The molecule has 1 fully saturated rings. The highest BCUT2D eigenvalue weighted by molar-refractivity contribution is 5.93. The van der Waals surface area contributed by atoms with Crippen molar-refractivity contribution in [3.63, 3.8) is 0 Å². The Morgan fingerprint density at radius 3 is 2.61 bits per heavy atom. The van der Waals surface area contributed by atoms with Gasteiger partial charge in [0.15, 0.2) is 0 Å². The summed E-state index contributed by atoms with van der Waals surface area (Å²) in [5.74, 6) is -0.560. The van der Waals surface area contributed by atoms with Crippen LogP contribution in [0.3, 0.4) is 0 Å². The number of hydrogen-bond donors (Lipinski definition) is 1. The summed E-state index contributed by atoms with van der Waals surface area (Å²) in [7, 11) is 1.66. The zero-order valence-electron chi connectivity index (χ0n) is 14.2. The van der Waals surface area contributed by atoms with E-state index in [1.807, 2.05) is 0 Å². The highest BCUT2D eigenvalue weighted by Crippen LogP contribution is 2.47. The molecule has 1 aromatic rings. The Hall–Kier alpha value is -1.81. The number of carbonyl (C=O) groups excluding carboxylic acids is 1. The van der Waals surface area contributed by atoms with Crippen molar-refractivity contribution in [2.24, 2.45) is 5.41 Å². The van der Waals surface area contributed by atoms with Crippen molar-refractivity contribution in [3.8, 4) is 5.75 Å². The molecule has 23 heavy (non-hydrogen) atoms. The Morgan fingerprint density at radius 1 is 1.39 bits per heavy atom. The van der Waals surface area contributed by atoms with Gasteiger partial charge in [-0.25, -0.2) is 4.79 Å². The van der Waals surface area contributed by atoms with E-state index in [-0.39, 0.29) is 16.7 Å². The largest absolute Gasteiger partial charge is 0.507 e. The Bertz CT molecular complexity index is 583. The van der Waals surface area contributed by atoms with Crippen LogP contribution in [0.5, 0.6) is 5.75 Å². The predicted octanol–water partition coefficient (Wildman–Crippen LogP) is 4.18. The molecule has 0 aliphatic heterocycles. The van der Waals surface area contributed by atoms with Crippen LogP contribution in [-0.2, 0) is 9.47 Å². The molecular formula is C19H26O4. The highest BCUT2D eigenvalue weighted by Gasteiger charge is 2.50. The smallest absolute Gasteiger partial charge is 0.342 e. The summed E-state index contributed by atoms with van der Waals surface area (Å²) in [6, 6.07) is 4.81. The number of rotatable bonds is 6. The van der Waals surface area contributed by atoms with E-state index in [4.69, 9.17) is 9.47 Å². The lowest BCUT2D eigenvalue weighted by Gasteiger charge is -2.43. The highest BCUT2D eigenvalue weighted by atomic mass is 16.6. The fraction of sp³-hybridized carbons (Fsp3) is 0.526. The Balaban J connectivity index is 2.31. The van der Waals surface area contributed by atoms with Crippen molar-refractivity contribution in [1.29, 1.82) is 0 Å². The molecule has 0 amide bonds. The topological polar surface area (TPSA) is 55.8 Å². The number of ether oxygens (including phenoxy) is 2. The van der Waals surface area contributed by atoms with Crippen molar-refractivity contribution in [2.45, 2.75) is 45.1 Å². The van der Waals surface area contributed by atoms with Gasteiger partial charge in [0.1, 0.15) is 16.9 Å². The van der Waals surface area contributed by atoms with Crippen LogP contribution in [0.1, 0.15) is 55.5 Å². The fourth-order valence-corrected chi connectivity index (χ4v) is 3.43. The number of esters is 1. The van der Waals surface area contributed by atoms with Crippen molar-refractivity contribution in [2.75, 3.05) is 13.7 Å². The molecule has 1 saturated carbocycles. The van der Waals surface area contributed by atoms with Gasteiger partial charge >= 0.3 is 5.97 Å². The monoisotopic (exact) mass is 318 g/mol. The van der Waals surface area contributed by atoms with Crippen LogP contribution in [0.2, 0.25) is 0 Å². The lowest BCUT2D eigenvalue weighted by atomic mass is 9.74. The maximum atomic E-state index is 12.7. The lowest BCUT2D eigenvalue weighted by Crippen LogP contribution is -2.48. The van der Waals surface area contributed by atoms with Crippen LogP contribution in [-0.4, -0.2) is 30.4 Å². The van der Waals surface area contributed by atoms with Crippen LogP contribution < -0.4 is 0 Å². The van der Waals surface area contributed by atoms with Crippen molar-refractivity contribution >= 4 is 12.0 Å². The number of carbonyl (C=O) groups is 1. The standard InChI is InChI=1S/C19H26O4/c1-5-14-8-9-16(20)15(12-14)17(21)23-19(10-6-7-11-19)18(2,3)13-22-4/h5,8-9,12,20H,1,6-7,10-11,13H2,2-4H3. The Labute approximate surface area is 138 Å². The first kappa shape index (κ1) is 17.5. The molecule has 0 unspecified atom stereocenters. The molecule has 0 spiro atoms. The van der Waals surface area contributed by atoms with Crippen molar-refractivity contribution in [1.82, 2.24) is 0 Å². The van der Waals surface area contributed by atoms with E-state index < -0.39 is 11.6 Å². The molecule has 0 radical (unpaired) electrons. The molecule has 1 aliphatic carbocycles. The normalized spacial score (nSPS) is 17.0. The summed E-state index contributed by atoms with van der Waals surface area (Å²) in [5.41, 5.74) is 0.101. The van der Waals surface area contributed by atoms with E-state index in [9.17, 15) is 9.90 Å².